The molecule has 0 atom stereocenters. The quantitative estimate of drug-likeness (QED) is 0.576. The third kappa shape index (κ3) is 5.14. The van der Waals surface area contributed by atoms with E-state index in [4.69, 9.17) is 15.2 Å². The molecule has 0 saturated carbocycles. The minimum atomic E-state index is -3.40. The summed E-state index contributed by atoms with van der Waals surface area (Å²) >= 11 is 0. The number of benzene rings is 1. The smallest absolute Gasteiger partial charge is 0.312 e. The lowest BCUT2D eigenvalue weighted by atomic mass is 10.3. The van der Waals surface area contributed by atoms with E-state index in [0.29, 0.717) is 5.75 Å². The molecular formula is C11H16N2O5S. The molecule has 0 radical (unpaired) electrons. The van der Waals surface area contributed by atoms with Crippen molar-refractivity contribution in [2.45, 2.75) is 6.42 Å². The standard InChI is InChI=1S/C11H16N2O5S/c1-17-9-4-3-8(13-19(2,15)16)7-10(9)18-11(14)5-6-12/h3-4,7,13H,5-6,12H2,1-2H3. The van der Waals surface area contributed by atoms with Crippen LogP contribution < -0.4 is 19.9 Å². The fourth-order valence-electron chi connectivity index (χ4n) is 1.33. The Morgan fingerprint density at radius 1 is 1.37 bits per heavy atom. The van der Waals surface area contributed by atoms with Gasteiger partial charge in [-0.3, -0.25) is 9.52 Å². The Morgan fingerprint density at radius 3 is 2.58 bits per heavy atom. The van der Waals surface area contributed by atoms with Gasteiger partial charge in [-0.25, -0.2) is 8.42 Å². The molecule has 0 saturated heterocycles. The topological polar surface area (TPSA) is 108 Å². The fourth-order valence-corrected chi connectivity index (χ4v) is 1.88. The number of hydrogen-bond donors (Lipinski definition) is 2. The van der Waals surface area contributed by atoms with Crippen molar-refractivity contribution >= 4 is 21.7 Å². The molecule has 0 amide bonds. The van der Waals surface area contributed by atoms with Gasteiger partial charge in [-0.15, -0.1) is 0 Å². The van der Waals surface area contributed by atoms with Gasteiger partial charge in [-0.1, -0.05) is 0 Å². The van der Waals surface area contributed by atoms with E-state index in [0.717, 1.165) is 6.26 Å². The summed E-state index contributed by atoms with van der Waals surface area (Å²) in [6.07, 6.45) is 1.09. The van der Waals surface area contributed by atoms with Gasteiger partial charge in [0.1, 0.15) is 0 Å². The summed E-state index contributed by atoms with van der Waals surface area (Å²) < 4.78 is 34.6. The molecule has 3 N–H and O–H groups in total. The van der Waals surface area contributed by atoms with Crippen LogP contribution >= 0.6 is 0 Å². The van der Waals surface area contributed by atoms with E-state index in [9.17, 15) is 13.2 Å². The largest absolute Gasteiger partial charge is 0.493 e. The molecule has 0 aliphatic carbocycles. The molecule has 0 aliphatic heterocycles. The van der Waals surface area contributed by atoms with Gasteiger partial charge in [0.15, 0.2) is 11.5 Å². The van der Waals surface area contributed by atoms with Gasteiger partial charge in [-0.05, 0) is 12.1 Å². The highest BCUT2D eigenvalue weighted by Crippen LogP contribution is 2.30. The van der Waals surface area contributed by atoms with Gasteiger partial charge in [0.05, 0.1) is 25.5 Å². The van der Waals surface area contributed by atoms with Crippen LogP contribution in [0.15, 0.2) is 18.2 Å². The number of ether oxygens (including phenoxy) is 2. The molecule has 0 aromatic heterocycles. The fraction of sp³-hybridized carbons (Fsp3) is 0.364. The lowest BCUT2D eigenvalue weighted by molar-refractivity contribution is -0.134. The Bertz CT molecular complexity index is 556. The average Bonchev–Trinajstić information content (AvgIpc) is 2.27. The van der Waals surface area contributed by atoms with E-state index in [1.807, 2.05) is 0 Å². The highest BCUT2D eigenvalue weighted by molar-refractivity contribution is 7.92. The molecule has 1 aromatic carbocycles. The van der Waals surface area contributed by atoms with E-state index in [2.05, 4.69) is 4.72 Å². The Labute approximate surface area is 111 Å². The first-order valence-electron chi connectivity index (χ1n) is 5.42. The zero-order valence-corrected chi connectivity index (χ0v) is 11.5. The Hall–Kier alpha value is -1.80. The second-order valence-corrected chi connectivity index (χ2v) is 5.50. The number of carbonyl (C=O) groups is 1. The average molecular weight is 288 g/mol. The van der Waals surface area contributed by atoms with E-state index >= 15 is 0 Å². The second-order valence-electron chi connectivity index (χ2n) is 3.75. The number of esters is 1. The molecular weight excluding hydrogens is 272 g/mol. The number of nitrogens with one attached hydrogen (secondary N) is 1. The summed E-state index contributed by atoms with van der Waals surface area (Å²) in [6.45, 7) is 0.169. The maximum Gasteiger partial charge on any atom is 0.312 e. The van der Waals surface area contributed by atoms with Crippen molar-refractivity contribution in [2.24, 2.45) is 5.73 Å². The first kappa shape index (κ1) is 15.3. The lowest BCUT2D eigenvalue weighted by Gasteiger charge is -2.11. The molecule has 0 fully saturated rings. The third-order valence-electron chi connectivity index (χ3n) is 2.04. The summed E-state index contributed by atoms with van der Waals surface area (Å²) in [7, 11) is -1.99. The molecule has 0 spiro atoms. The first-order chi connectivity index (χ1) is 8.85. The van der Waals surface area contributed by atoms with Crippen molar-refractivity contribution in [2.75, 3.05) is 24.6 Å². The summed E-state index contributed by atoms with van der Waals surface area (Å²) in [6, 6.07) is 4.37. The molecule has 7 nitrogen and oxygen atoms in total. The van der Waals surface area contributed by atoms with E-state index in [1.165, 1.54) is 25.3 Å². The molecule has 0 heterocycles. The van der Waals surface area contributed by atoms with Crippen LogP contribution in [0.4, 0.5) is 5.69 Å². The summed E-state index contributed by atoms with van der Waals surface area (Å²) in [4.78, 5) is 11.4. The van der Waals surface area contributed by atoms with Gasteiger partial charge < -0.3 is 15.2 Å². The maximum absolute atomic E-state index is 11.4. The van der Waals surface area contributed by atoms with Crippen molar-refractivity contribution in [1.29, 1.82) is 0 Å². The van der Waals surface area contributed by atoms with Crippen LogP contribution in [0.5, 0.6) is 11.5 Å². The molecule has 1 aromatic rings. The zero-order chi connectivity index (χ0) is 14.5. The molecule has 0 unspecified atom stereocenters. The van der Waals surface area contributed by atoms with Crippen LogP contribution in [-0.4, -0.2) is 34.3 Å². The van der Waals surface area contributed by atoms with Gasteiger partial charge in [0.25, 0.3) is 0 Å². The maximum atomic E-state index is 11.4. The van der Waals surface area contributed by atoms with Gasteiger partial charge in [0.2, 0.25) is 10.0 Å². The predicted molar refractivity (Wildman–Crippen MR) is 70.8 cm³/mol. The number of anilines is 1. The van der Waals surface area contributed by atoms with Crippen molar-refractivity contribution in [1.82, 2.24) is 0 Å². The Morgan fingerprint density at radius 2 is 2.05 bits per heavy atom. The molecule has 19 heavy (non-hydrogen) atoms. The Kier molecular flexibility index (Phi) is 5.13. The normalized spacial score (nSPS) is 10.9. The van der Waals surface area contributed by atoms with Crippen molar-refractivity contribution in [3.63, 3.8) is 0 Å². The van der Waals surface area contributed by atoms with Gasteiger partial charge >= 0.3 is 5.97 Å². The van der Waals surface area contributed by atoms with Crippen LogP contribution in [0.2, 0.25) is 0 Å². The SMILES string of the molecule is COc1ccc(NS(C)(=O)=O)cc1OC(=O)CCN. The van der Waals surface area contributed by atoms with Crippen LogP contribution in [0.25, 0.3) is 0 Å². The molecule has 1 rings (SSSR count). The third-order valence-corrected chi connectivity index (χ3v) is 2.65. The number of hydrogen-bond acceptors (Lipinski definition) is 6. The first-order valence-corrected chi connectivity index (χ1v) is 7.31. The highest BCUT2D eigenvalue weighted by atomic mass is 32.2. The lowest BCUT2D eigenvalue weighted by Crippen LogP contribution is -2.14. The monoisotopic (exact) mass is 288 g/mol. The van der Waals surface area contributed by atoms with Crippen LogP contribution in [0.3, 0.4) is 0 Å². The number of carbonyl (C=O) groups excluding carboxylic acids is 1. The summed E-state index contributed by atoms with van der Waals surface area (Å²) in [5, 5.41) is 0. The number of rotatable bonds is 6. The number of methoxy groups -OCH3 is 1. The minimum Gasteiger partial charge on any atom is -0.493 e. The van der Waals surface area contributed by atoms with Crippen molar-refractivity contribution < 1.29 is 22.7 Å². The Balaban J connectivity index is 2.99. The molecule has 106 valence electrons. The molecule has 8 heteroatoms. The van der Waals surface area contributed by atoms with Gasteiger partial charge in [0, 0.05) is 12.6 Å². The van der Waals surface area contributed by atoms with Crippen molar-refractivity contribution in [3.8, 4) is 11.5 Å². The predicted octanol–water partition coefficient (Wildman–Crippen LogP) is 0.321. The molecule has 0 aliphatic rings. The van der Waals surface area contributed by atoms with Crippen LogP contribution in [0, 0.1) is 0 Å². The second kappa shape index (κ2) is 6.39. The highest BCUT2D eigenvalue weighted by Gasteiger charge is 2.12. The van der Waals surface area contributed by atoms with E-state index < -0.39 is 16.0 Å². The van der Waals surface area contributed by atoms with Crippen molar-refractivity contribution in [3.05, 3.63) is 18.2 Å². The minimum absolute atomic E-state index is 0.0624. The molecule has 0 bridgehead atoms. The summed E-state index contributed by atoms with van der Waals surface area (Å²) in [5.74, 6) is -0.0590. The van der Waals surface area contributed by atoms with Gasteiger partial charge in [-0.2, -0.15) is 0 Å². The number of nitrogens with two attached hydrogens (primary N) is 1. The van der Waals surface area contributed by atoms with Crippen LogP contribution in [-0.2, 0) is 14.8 Å². The number of sulfonamides is 1. The van der Waals surface area contributed by atoms with Crippen LogP contribution in [0.1, 0.15) is 6.42 Å². The van der Waals surface area contributed by atoms with E-state index in [1.54, 1.807) is 0 Å². The van der Waals surface area contributed by atoms with E-state index in [-0.39, 0.29) is 24.4 Å². The zero-order valence-electron chi connectivity index (χ0n) is 10.7. The summed E-state index contributed by atoms with van der Waals surface area (Å²) in [5.41, 5.74) is 5.52.